The Morgan fingerprint density at radius 1 is 0.947 bits per heavy atom. The molecule has 0 unspecified atom stereocenters. The molecule has 0 saturated carbocycles. The zero-order valence-electron chi connectivity index (χ0n) is 22.2. The van der Waals surface area contributed by atoms with Crippen LogP contribution in [0.25, 0.3) is 11.5 Å². The number of hydrogen-bond donors (Lipinski definition) is 1. The van der Waals surface area contributed by atoms with Gasteiger partial charge in [0.2, 0.25) is 5.91 Å². The first-order chi connectivity index (χ1) is 18.2. The summed E-state index contributed by atoms with van der Waals surface area (Å²) in [5, 5.41) is 26.7. The van der Waals surface area contributed by atoms with Gasteiger partial charge in [-0.05, 0) is 75.1 Å². The average molecular weight is 517 g/mol. The molecular weight excluding hydrogens is 484 g/mol. The molecule has 1 aliphatic heterocycles. The molecule has 11 nitrogen and oxygen atoms in total. The Bertz CT molecular complexity index is 1510. The Kier molecular flexibility index (Phi) is 6.94. The molecule has 3 aromatic heterocycles. The van der Waals surface area contributed by atoms with Crippen LogP contribution < -0.4 is 0 Å². The van der Waals surface area contributed by atoms with Crippen LogP contribution in [0.5, 0.6) is 0 Å². The van der Waals surface area contributed by atoms with Crippen molar-refractivity contribution in [1.82, 2.24) is 39.4 Å². The number of rotatable bonds is 7. The highest BCUT2D eigenvalue weighted by molar-refractivity contribution is 5.87. The summed E-state index contributed by atoms with van der Waals surface area (Å²) in [7, 11) is 0. The van der Waals surface area contributed by atoms with Gasteiger partial charge in [0, 0.05) is 44.8 Å². The summed E-state index contributed by atoms with van der Waals surface area (Å²) in [5.74, 6) is 0.630. The van der Waals surface area contributed by atoms with E-state index in [1.54, 1.807) is 16.6 Å². The van der Waals surface area contributed by atoms with E-state index < -0.39 is 5.97 Å². The number of carbonyl (C=O) groups excluding carboxylic acids is 1. The van der Waals surface area contributed by atoms with E-state index in [9.17, 15) is 14.7 Å². The first-order valence-electron chi connectivity index (χ1n) is 12.8. The second-order valence-electron chi connectivity index (χ2n) is 9.87. The number of aromatic carboxylic acids is 1. The van der Waals surface area contributed by atoms with Crippen LogP contribution in [0.3, 0.4) is 0 Å². The molecule has 5 rings (SSSR count). The molecule has 0 bridgehead atoms. The van der Waals surface area contributed by atoms with Gasteiger partial charge in [0.05, 0.1) is 11.3 Å². The van der Waals surface area contributed by atoms with Crippen LogP contribution in [0.15, 0.2) is 30.3 Å². The zero-order chi connectivity index (χ0) is 27.0. The molecule has 1 aliphatic rings. The molecule has 0 radical (unpaired) electrons. The topological polar surface area (TPSA) is 122 Å². The van der Waals surface area contributed by atoms with Gasteiger partial charge < -0.3 is 10.0 Å². The van der Waals surface area contributed by atoms with Crippen LogP contribution in [0, 0.1) is 27.7 Å². The minimum atomic E-state index is -0.912. The largest absolute Gasteiger partial charge is 0.478 e. The van der Waals surface area contributed by atoms with Gasteiger partial charge in [0.25, 0.3) is 0 Å². The van der Waals surface area contributed by atoms with Crippen molar-refractivity contribution in [2.24, 2.45) is 0 Å². The van der Waals surface area contributed by atoms with E-state index in [2.05, 4.69) is 20.2 Å². The second kappa shape index (κ2) is 10.3. The number of aryl methyl sites for hydroxylation is 3. The van der Waals surface area contributed by atoms with Crippen molar-refractivity contribution in [1.29, 1.82) is 0 Å². The Morgan fingerprint density at radius 3 is 2.42 bits per heavy atom. The van der Waals surface area contributed by atoms with Crippen molar-refractivity contribution in [3.63, 3.8) is 0 Å². The number of carbonyl (C=O) groups is 2. The van der Waals surface area contributed by atoms with Gasteiger partial charge in [0.15, 0.2) is 17.3 Å². The van der Waals surface area contributed by atoms with E-state index in [4.69, 9.17) is 5.10 Å². The van der Waals surface area contributed by atoms with Crippen molar-refractivity contribution in [2.75, 3.05) is 26.2 Å². The first kappa shape index (κ1) is 25.5. The van der Waals surface area contributed by atoms with E-state index in [1.807, 2.05) is 55.5 Å². The van der Waals surface area contributed by atoms with E-state index in [0.717, 1.165) is 47.7 Å². The van der Waals surface area contributed by atoms with Crippen molar-refractivity contribution in [3.05, 3.63) is 69.8 Å². The van der Waals surface area contributed by atoms with Gasteiger partial charge in [-0.1, -0.05) is 6.07 Å². The Morgan fingerprint density at radius 2 is 1.71 bits per heavy atom. The Balaban J connectivity index is 1.17. The minimum absolute atomic E-state index is 0.151. The number of aromatic nitrogens is 6. The van der Waals surface area contributed by atoms with Gasteiger partial charge in [-0.2, -0.15) is 9.61 Å². The quantitative estimate of drug-likeness (QED) is 0.398. The van der Waals surface area contributed by atoms with Crippen molar-refractivity contribution < 1.29 is 14.7 Å². The van der Waals surface area contributed by atoms with E-state index in [0.29, 0.717) is 48.8 Å². The van der Waals surface area contributed by atoms with Crippen LogP contribution in [0.2, 0.25) is 0 Å². The van der Waals surface area contributed by atoms with Crippen molar-refractivity contribution >= 4 is 17.5 Å². The molecule has 198 valence electrons. The molecule has 38 heavy (non-hydrogen) atoms. The number of piperazine rings is 1. The van der Waals surface area contributed by atoms with Crippen LogP contribution in [0.1, 0.15) is 50.7 Å². The van der Waals surface area contributed by atoms with Gasteiger partial charge in [-0.15, -0.1) is 15.3 Å². The van der Waals surface area contributed by atoms with E-state index in [-0.39, 0.29) is 5.91 Å². The molecule has 1 amide bonds. The minimum Gasteiger partial charge on any atom is -0.478 e. The number of nitrogens with zero attached hydrogens (tertiary/aromatic N) is 8. The number of carboxylic acid groups (broad SMARTS) is 1. The molecule has 4 aromatic rings. The van der Waals surface area contributed by atoms with Gasteiger partial charge >= 0.3 is 5.97 Å². The monoisotopic (exact) mass is 516 g/mol. The standard InChI is InChI=1S/C27H32N8O3/c1-17-15-21(27(37)38)5-6-22(17)16-32-11-13-33(14-12-32)26(36)10-7-23-18(2)30-34(19(23)3)25-9-8-24-29-28-20(4)35(24)31-25/h5-6,8-9,15H,7,10-14,16H2,1-4H3,(H,37,38). The summed E-state index contributed by atoms with van der Waals surface area (Å²) in [6, 6.07) is 9.00. The van der Waals surface area contributed by atoms with Crippen LogP contribution in [0.4, 0.5) is 0 Å². The highest BCUT2D eigenvalue weighted by Crippen LogP contribution is 2.20. The number of hydrogen-bond acceptors (Lipinski definition) is 7. The third-order valence-electron chi connectivity index (χ3n) is 7.36. The maximum atomic E-state index is 13.0. The summed E-state index contributed by atoms with van der Waals surface area (Å²) in [6.07, 6.45) is 1.06. The summed E-state index contributed by atoms with van der Waals surface area (Å²) in [5.41, 5.74) is 6.02. The Labute approximate surface area is 220 Å². The lowest BCUT2D eigenvalue weighted by atomic mass is 10.0. The van der Waals surface area contributed by atoms with Gasteiger partial charge in [-0.25, -0.2) is 9.48 Å². The van der Waals surface area contributed by atoms with Crippen LogP contribution in [-0.2, 0) is 17.8 Å². The third kappa shape index (κ3) is 5.01. The van der Waals surface area contributed by atoms with Gasteiger partial charge in [-0.3, -0.25) is 9.69 Å². The lowest BCUT2D eigenvalue weighted by Crippen LogP contribution is -2.48. The molecule has 0 spiro atoms. The molecule has 0 aliphatic carbocycles. The van der Waals surface area contributed by atoms with Gasteiger partial charge in [0.1, 0.15) is 0 Å². The summed E-state index contributed by atoms with van der Waals surface area (Å²) in [4.78, 5) is 28.5. The maximum Gasteiger partial charge on any atom is 0.335 e. The average Bonchev–Trinajstić information content (AvgIpc) is 3.41. The number of carboxylic acids is 1. The molecule has 0 atom stereocenters. The fourth-order valence-corrected chi connectivity index (χ4v) is 5.05. The van der Waals surface area contributed by atoms with Crippen LogP contribution in [-0.4, -0.2) is 82.6 Å². The fraction of sp³-hybridized carbons (Fsp3) is 0.407. The highest BCUT2D eigenvalue weighted by atomic mass is 16.4. The molecule has 1 fully saturated rings. The number of amides is 1. The van der Waals surface area contributed by atoms with Crippen LogP contribution >= 0.6 is 0 Å². The van der Waals surface area contributed by atoms with E-state index >= 15 is 0 Å². The summed E-state index contributed by atoms with van der Waals surface area (Å²) >= 11 is 0. The molecule has 1 N–H and O–H groups in total. The summed E-state index contributed by atoms with van der Waals surface area (Å²) in [6.45, 7) is 11.5. The lowest BCUT2D eigenvalue weighted by molar-refractivity contribution is -0.133. The normalized spacial score (nSPS) is 14.4. The molecule has 11 heteroatoms. The lowest BCUT2D eigenvalue weighted by Gasteiger charge is -2.35. The summed E-state index contributed by atoms with van der Waals surface area (Å²) < 4.78 is 3.51. The predicted molar refractivity (Wildman–Crippen MR) is 140 cm³/mol. The maximum absolute atomic E-state index is 13.0. The third-order valence-corrected chi connectivity index (χ3v) is 7.36. The number of benzene rings is 1. The Hall–Kier alpha value is -4.12. The van der Waals surface area contributed by atoms with E-state index in [1.165, 1.54) is 0 Å². The molecule has 4 heterocycles. The fourth-order valence-electron chi connectivity index (χ4n) is 5.05. The SMILES string of the molecule is Cc1cc(C(=O)O)ccc1CN1CCN(C(=O)CCc2c(C)nn(-c3ccc4nnc(C)n4n3)c2C)CC1. The van der Waals surface area contributed by atoms with Crippen molar-refractivity contribution in [3.8, 4) is 5.82 Å². The molecule has 1 saturated heterocycles. The van der Waals surface area contributed by atoms with Crippen molar-refractivity contribution in [2.45, 2.75) is 47.1 Å². The smallest absolute Gasteiger partial charge is 0.335 e. The molecular formula is C27H32N8O3. The predicted octanol–water partition coefficient (Wildman–Crippen LogP) is 2.52. The number of fused-ring (bicyclic) bond motifs is 1. The first-order valence-corrected chi connectivity index (χ1v) is 12.8. The second-order valence-corrected chi connectivity index (χ2v) is 9.87. The highest BCUT2D eigenvalue weighted by Gasteiger charge is 2.23. The molecule has 1 aromatic carbocycles. The zero-order valence-corrected chi connectivity index (χ0v) is 22.2.